The number of benzene rings is 2. The number of aromatic nitrogens is 2. The Morgan fingerprint density at radius 1 is 1.25 bits per heavy atom. The number of hydrogen-bond donors (Lipinski definition) is 1. The Kier molecular flexibility index (Phi) is 4.43. The lowest BCUT2D eigenvalue weighted by Gasteiger charge is -2.07. The van der Waals surface area contributed by atoms with E-state index in [0.29, 0.717) is 16.3 Å². The molecule has 0 saturated heterocycles. The molecule has 0 aliphatic rings. The molecule has 1 N–H and O–H groups in total. The summed E-state index contributed by atoms with van der Waals surface area (Å²) in [4.78, 5) is 12.3. The third-order valence-corrected chi connectivity index (χ3v) is 3.36. The van der Waals surface area contributed by atoms with Crippen LogP contribution < -0.4 is 10.1 Å². The van der Waals surface area contributed by atoms with Gasteiger partial charge in [-0.25, -0.2) is 4.39 Å². The van der Waals surface area contributed by atoms with Crippen LogP contribution in [0.2, 0.25) is 5.02 Å². The molecule has 0 aliphatic heterocycles. The number of ether oxygens (including phenoxy) is 1. The van der Waals surface area contributed by atoms with Gasteiger partial charge in [-0.1, -0.05) is 22.8 Å². The maximum Gasteiger partial charge on any atom is 0.322 e. The van der Waals surface area contributed by atoms with Crippen molar-refractivity contribution in [3.63, 3.8) is 0 Å². The van der Waals surface area contributed by atoms with Crippen LogP contribution in [0.5, 0.6) is 5.75 Å². The minimum absolute atomic E-state index is 0.0860. The van der Waals surface area contributed by atoms with Gasteiger partial charge in [0.25, 0.3) is 5.91 Å². The molecule has 1 amide bonds. The third-order valence-electron chi connectivity index (χ3n) is 3.12. The van der Waals surface area contributed by atoms with E-state index in [0.717, 1.165) is 0 Å². The predicted octanol–water partition coefficient (Wildman–Crippen LogP) is 3.79. The molecule has 0 saturated carbocycles. The van der Waals surface area contributed by atoms with Gasteiger partial charge in [-0.15, -0.1) is 5.10 Å². The molecule has 0 atom stereocenters. The van der Waals surface area contributed by atoms with Crippen molar-refractivity contribution >= 4 is 23.5 Å². The number of methoxy groups -OCH3 is 1. The number of halogens is 2. The van der Waals surface area contributed by atoms with E-state index >= 15 is 0 Å². The van der Waals surface area contributed by atoms with Crippen LogP contribution in [0.25, 0.3) is 11.5 Å². The van der Waals surface area contributed by atoms with E-state index in [1.165, 1.54) is 31.4 Å². The zero-order chi connectivity index (χ0) is 17.1. The van der Waals surface area contributed by atoms with Crippen LogP contribution in [0.15, 0.2) is 46.9 Å². The first-order valence-corrected chi connectivity index (χ1v) is 7.19. The molecule has 1 aromatic heterocycles. The molecule has 0 unspecified atom stereocenters. The Morgan fingerprint density at radius 2 is 2.08 bits per heavy atom. The fraction of sp³-hybridized carbons (Fsp3) is 0.0625. The van der Waals surface area contributed by atoms with E-state index in [1.807, 2.05) is 0 Å². The highest BCUT2D eigenvalue weighted by molar-refractivity contribution is 6.31. The van der Waals surface area contributed by atoms with Crippen LogP contribution in [-0.2, 0) is 0 Å². The highest BCUT2D eigenvalue weighted by atomic mass is 35.5. The molecule has 122 valence electrons. The maximum absolute atomic E-state index is 13.2. The summed E-state index contributed by atoms with van der Waals surface area (Å²) in [5, 5.41) is 10.3. The van der Waals surface area contributed by atoms with Crippen LogP contribution in [0.1, 0.15) is 10.4 Å². The number of carbonyl (C=O) groups excluding carboxylic acids is 1. The van der Waals surface area contributed by atoms with Gasteiger partial charge in [0.15, 0.2) is 0 Å². The minimum Gasteiger partial charge on any atom is -0.496 e. The van der Waals surface area contributed by atoms with Crippen LogP contribution in [-0.4, -0.2) is 23.2 Å². The van der Waals surface area contributed by atoms with E-state index in [1.54, 1.807) is 18.2 Å². The summed E-state index contributed by atoms with van der Waals surface area (Å²) in [6.07, 6.45) is 0. The van der Waals surface area contributed by atoms with Crippen molar-refractivity contribution in [3.05, 3.63) is 58.9 Å². The van der Waals surface area contributed by atoms with Gasteiger partial charge in [0, 0.05) is 10.6 Å². The Morgan fingerprint density at radius 3 is 2.83 bits per heavy atom. The van der Waals surface area contributed by atoms with Crippen LogP contribution in [0, 0.1) is 5.82 Å². The minimum atomic E-state index is -0.524. The third kappa shape index (κ3) is 3.36. The molecule has 0 radical (unpaired) electrons. The number of nitrogens with zero attached hydrogens (tertiary/aromatic N) is 2. The number of hydrogen-bond acceptors (Lipinski definition) is 5. The van der Waals surface area contributed by atoms with Crippen LogP contribution in [0.3, 0.4) is 0 Å². The monoisotopic (exact) mass is 347 g/mol. The van der Waals surface area contributed by atoms with Gasteiger partial charge in [-0.05, 0) is 36.4 Å². The highest BCUT2D eigenvalue weighted by Crippen LogP contribution is 2.25. The van der Waals surface area contributed by atoms with Crippen LogP contribution in [0.4, 0.5) is 10.4 Å². The van der Waals surface area contributed by atoms with E-state index in [-0.39, 0.29) is 17.5 Å². The SMILES string of the molecule is COc1ccc(Cl)cc1C(=O)Nc1nnc(-c2cccc(F)c2)o1. The van der Waals surface area contributed by atoms with Crippen molar-refractivity contribution in [1.29, 1.82) is 0 Å². The average Bonchev–Trinajstić information content (AvgIpc) is 3.03. The predicted molar refractivity (Wildman–Crippen MR) is 85.6 cm³/mol. The first-order valence-electron chi connectivity index (χ1n) is 6.81. The number of carbonyl (C=O) groups is 1. The molecule has 24 heavy (non-hydrogen) atoms. The molecular weight excluding hydrogens is 337 g/mol. The van der Waals surface area contributed by atoms with Gasteiger partial charge in [-0.3, -0.25) is 10.1 Å². The van der Waals surface area contributed by atoms with Crippen molar-refractivity contribution in [2.75, 3.05) is 12.4 Å². The van der Waals surface area contributed by atoms with Gasteiger partial charge in [-0.2, -0.15) is 0 Å². The summed E-state index contributed by atoms with van der Waals surface area (Å²) in [6.45, 7) is 0. The molecule has 0 spiro atoms. The fourth-order valence-electron chi connectivity index (χ4n) is 2.03. The lowest BCUT2D eigenvalue weighted by atomic mass is 10.2. The number of nitrogens with one attached hydrogen (secondary N) is 1. The highest BCUT2D eigenvalue weighted by Gasteiger charge is 2.17. The van der Waals surface area contributed by atoms with Gasteiger partial charge in [0.05, 0.1) is 12.7 Å². The van der Waals surface area contributed by atoms with Crippen molar-refractivity contribution in [2.24, 2.45) is 0 Å². The van der Waals surface area contributed by atoms with Crippen molar-refractivity contribution < 1.29 is 18.3 Å². The second-order valence-electron chi connectivity index (χ2n) is 4.72. The van der Waals surface area contributed by atoms with E-state index in [2.05, 4.69) is 15.5 Å². The molecule has 3 aromatic rings. The fourth-order valence-corrected chi connectivity index (χ4v) is 2.21. The van der Waals surface area contributed by atoms with Gasteiger partial charge in [0.1, 0.15) is 11.6 Å². The Hall–Kier alpha value is -2.93. The maximum atomic E-state index is 13.2. The Bertz CT molecular complexity index is 898. The normalized spacial score (nSPS) is 10.5. The summed E-state index contributed by atoms with van der Waals surface area (Å²) in [7, 11) is 1.44. The summed E-state index contributed by atoms with van der Waals surface area (Å²) in [5.74, 6) is -0.520. The molecule has 0 bridgehead atoms. The quantitative estimate of drug-likeness (QED) is 0.777. The van der Waals surface area contributed by atoms with Gasteiger partial charge in [0.2, 0.25) is 5.89 Å². The first kappa shape index (κ1) is 15.9. The second-order valence-corrected chi connectivity index (χ2v) is 5.16. The molecule has 3 rings (SSSR count). The molecule has 2 aromatic carbocycles. The van der Waals surface area contributed by atoms with Gasteiger partial charge >= 0.3 is 6.01 Å². The summed E-state index contributed by atoms with van der Waals surface area (Å²) < 4.78 is 23.7. The Balaban J connectivity index is 1.82. The molecule has 0 aliphatic carbocycles. The summed E-state index contributed by atoms with van der Waals surface area (Å²) in [6, 6.07) is 10.2. The number of anilines is 1. The van der Waals surface area contributed by atoms with Crippen molar-refractivity contribution in [2.45, 2.75) is 0 Å². The lowest BCUT2D eigenvalue weighted by Crippen LogP contribution is -2.13. The zero-order valence-corrected chi connectivity index (χ0v) is 13.2. The van der Waals surface area contributed by atoms with Crippen molar-refractivity contribution in [1.82, 2.24) is 10.2 Å². The van der Waals surface area contributed by atoms with E-state index in [4.69, 9.17) is 20.8 Å². The topological polar surface area (TPSA) is 77.2 Å². The number of rotatable bonds is 4. The molecule has 0 fully saturated rings. The van der Waals surface area contributed by atoms with Crippen molar-refractivity contribution in [3.8, 4) is 17.2 Å². The lowest BCUT2D eigenvalue weighted by molar-refractivity contribution is 0.102. The summed E-state index contributed by atoms with van der Waals surface area (Å²) >= 11 is 5.90. The number of amides is 1. The second kappa shape index (κ2) is 6.67. The zero-order valence-electron chi connectivity index (χ0n) is 12.4. The van der Waals surface area contributed by atoms with E-state index in [9.17, 15) is 9.18 Å². The van der Waals surface area contributed by atoms with E-state index < -0.39 is 11.7 Å². The Labute approximate surface area is 141 Å². The average molecular weight is 348 g/mol. The standard InChI is InChI=1S/C16H11ClFN3O3/c1-23-13-6-5-10(17)8-12(13)14(22)19-16-21-20-15(24-16)9-3-2-4-11(18)7-9/h2-8H,1H3,(H,19,21,22). The molecule has 6 nitrogen and oxygen atoms in total. The van der Waals surface area contributed by atoms with Crippen LogP contribution >= 0.6 is 11.6 Å². The first-order chi connectivity index (χ1) is 11.6. The molecule has 8 heteroatoms. The smallest absolute Gasteiger partial charge is 0.322 e. The largest absolute Gasteiger partial charge is 0.496 e. The molecule has 1 heterocycles. The molecular formula is C16H11ClFN3O3. The summed E-state index contributed by atoms with van der Waals surface area (Å²) in [5.41, 5.74) is 0.624. The van der Waals surface area contributed by atoms with Gasteiger partial charge < -0.3 is 9.15 Å².